The Labute approximate surface area is 93.3 Å². The van der Waals surface area contributed by atoms with Crippen molar-refractivity contribution in [2.24, 2.45) is 5.41 Å². The van der Waals surface area contributed by atoms with Crippen LogP contribution in [0.1, 0.15) is 53.9 Å². The Bertz CT molecular complexity index is 329. The van der Waals surface area contributed by atoms with E-state index in [0.717, 1.165) is 24.0 Å². The number of hydrogen-bond acceptors (Lipinski definition) is 1. The minimum atomic E-state index is 0.0592. The summed E-state index contributed by atoms with van der Waals surface area (Å²) in [7, 11) is 0. The second kappa shape index (κ2) is 4.34. The molecule has 0 unspecified atom stereocenters. The van der Waals surface area contributed by atoms with Crippen molar-refractivity contribution >= 4 is 5.78 Å². The summed E-state index contributed by atoms with van der Waals surface area (Å²) in [5, 5.41) is 0. The topological polar surface area (TPSA) is 17.1 Å². The van der Waals surface area contributed by atoms with Crippen LogP contribution in [-0.2, 0) is 4.79 Å². The molecule has 0 aliphatic heterocycles. The zero-order valence-electron chi connectivity index (χ0n) is 10.6. The van der Waals surface area contributed by atoms with Crippen LogP contribution in [0, 0.1) is 5.41 Å². The van der Waals surface area contributed by atoms with E-state index >= 15 is 0 Å². The largest absolute Gasteiger partial charge is 0.289 e. The van der Waals surface area contributed by atoms with Gasteiger partial charge in [0, 0.05) is 5.57 Å². The van der Waals surface area contributed by atoms with Gasteiger partial charge in [-0.25, -0.2) is 0 Å². The molecule has 84 valence electrons. The van der Waals surface area contributed by atoms with E-state index in [1.54, 1.807) is 0 Å². The molecule has 1 heteroatoms. The molecule has 0 aromatic carbocycles. The van der Waals surface area contributed by atoms with Crippen molar-refractivity contribution in [2.75, 3.05) is 0 Å². The summed E-state index contributed by atoms with van der Waals surface area (Å²) in [6.07, 6.45) is 5.34. The van der Waals surface area contributed by atoms with Gasteiger partial charge < -0.3 is 0 Å². The van der Waals surface area contributed by atoms with Crippen LogP contribution in [0.4, 0.5) is 0 Å². The summed E-state index contributed by atoms with van der Waals surface area (Å²) >= 11 is 0. The van der Waals surface area contributed by atoms with E-state index in [9.17, 15) is 4.79 Å². The Balaban J connectivity index is 3.15. The zero-order chi connectivity index (χ0) is 11.6. The van der Waals surface area contributed by atoms with E-state index in [-0.39, 0.29) is 11.2 Å². The highest BCUT2D eigenvalue weighted by molar-refractivity contribution is 6.09. The second-order valence-electron chi connectivity index (χ2n) is 5.19. The average molecular weight is 206 g/mol. The minimum Gasteiger partial charge on any atom is -0.289 e. The third kappa shape index (κ3) is 2.39. The fourth-order valence-corrected chi connectivity index (χ4v) is 2.45. The zero-order valence-corrected chi connectivity index (χ0v) is 10.6. The fraction of sp³-hybridized carbons (Fsp3) is 0.643. The lowest BCUT2D eigenvalue weighted by Gasteiger charge is -2.33. The van der Waals surface area contributed by atoms with E-state index in [4.69, 9.17) is 0 Å². The van der Waals surface area contributed by atoms with Gasteiger partial charge in [-0.1, -0.05) is 25.5 Å². The first kappa shape index (κ1) is 12.2. The average Bonchev–Trinajstić information content (AvgIpc) is 2.14. The van der Waals surface area contributed by atoms with Crippen molar-refractivity contribution in [1.82, 2.24) is 0 Å². The molecular formula is C14H22O. The molecule has 0 bridgehead atoms. The van der Waals surface area contributed by atoms with E-state index < -0.39 is 0 Å². The smallest absolute Gasteiger partial charge is 0.184 e. The molecule has 1 aliphatic carbocycles. The highest BCUT2D eigenvalue weighted by Gasteiger charge is 2.32. The van der Waals surface area contributed by atoms with Crippen molar-refractivity contribution in [3.63, 3.8) is 0 Å². The number of Topliss-reactive ketones (excluding diaryl/α,β-unsaturated/α-hetero) is 1. The predicted octanol–water partition coefficient (Wildman–Crippen LogP) is 4.05. The molecule has 0 aromatic rings. The molecule has 0 aromatic heterocycles. The molecule has 0 radical (unpaired) electrons. The Morgan fingerprint density at radius 2 is 2.00 bits per heavy atom. The summed E-state index contributed by atoms with van der Waals surface area (Å²) in [5.74, 6) is 0.250. The van der Waals surface area contributed by atoms with E-state index in [1.165, 1.54) is 12.0 Å². The molecule has 15 heavy (non-hydrogen) atoms. The van der Waals surface area contributed by atoms with E-state index in [2.05, 4.69) is 20.8 Å². The van der Waals surface area contributed by atoms with Gasteiger partial charge in [0.1, 0.15) is 0 Å². The van der Waals surface area contributed by atoms with Crippen LogP contribution >= 0.6 is 0 Å². The molecule has 1 nitrogen and oxygen atoms in total. The van der Waals surface area contributed by atoms with Crippen LogP contribution in [-0.4, -0.2) is 5.78 Å². The maximum Gasteiger partial charge on any atom is 0.184 e. The number of ketones is 1. The Kier molecular flexibility index (Phi) is 3.54. The third-order valence-corrected chi connectivity index (χ3v) is 3.48. The monoisotopic (exact) mass is 206 g/mol. The maximum absolute atomic E-state index is 12.2. The normalized spacial score (nSPS) is 21.8. The quantitative estimate of drug-likeness (QED) is 0.623. The summed E-state index contributed by atoms with van der Waals surface area (Å²) in [4.78, 5) is 12.2. The Morgan fingerprint density at radius 3 is 2.47 bits per heavy atom. The SMILES string of the molecule is C/C=C(\C)C(=O)C1=C(C)CCCC1(C)C. The number of rotatable bonds is 2. The van der Waals surface area contributed by atoms with Crippen LogP contribution < -0.4 is 0 Å². The molecule has 0 saturated carbocycles. The van der Waals surface area contributed by atoms with Gasteiger partial charge >= 0.3 is 0 Å². The lowest BCUT2D eigenvalue weighted by molar-refractivity contribution is -0.113. The van der Waals surface area contributed by atoms with Gasteiger partial charge in [0.05, 0.1) is 0 Å². The lowest BCUT2D eigenvalue weighted by Crippen LogP contribution is -2.26. The van der Waals surface area contributed by atoms with Gasteiger partial charge in [-0.3, -0.25) is 4.79 Å². The van der Waals surface area contributed by atoms with E-state index in [0.29, 0.717) is 0 Å². The van der Waals surface area contributed by atoms with Crippen LogP contribution in [0.2, 0.25) is 0 Å². The number of carbonyl (C=O) groups is 1. The standard InChI is InChI=1S/C14H22O/c1-6-10(2)13(15)12-11(3)8-7-9-14(12,4)5/h6H,7-9H2,1-5H3/b10-6+. The Hall–Kier alpha value is -0.850. The van der Waals surface area contributed by atoms with E-state index in [1.807, 2.05) is 19.9 Å². The van der Waals surface area contributed by atoms with Crippen molar-refractivity contribution in [1.29, 1.82) is 0 Å². The van der Waals surface area contributed by atoms with Crippen molar-refractivity contribution in [3.05, 3.63) is 22.8 Å². The summed E-state index contributed by atoms with van der Waals surface area (Å²) in [6, 6.07) is 0. The molecular weight excluding hydrogens is 184 g/mol. The van der Waals surface area contributed by atoms with Crippen LogP contribution in [0.15, 0.2) is 22.8 Å². The predicted molar refractivity (Wildman–Crippen MR) is 64.8 cm³/mol. The highest BCUT2D eigenvalue weighted by Crippen LogP contribution is 2.41. The maximum atomic E-state index is 12.2. The number of allylic oxidation sites excluding steroid dienone is 4. The van der Waals surface area contributed by atoms with Gasteiger partial charge in [0.25, 0.3) is 0 Å². The minimum absolute atomic E-state index is 0.0592. The first-order valence-electron chi connectivity index (χ1n) is 5.78. The highest BCUT2D eigenvalue weighted by atomic mass is 16.1. The molecule has 0 N–H and O–H groups in total. The Morgan fingerprint density at radius 1 is 1.40 bits per heavy atom. The summed E-state index contributed by atoms with van der Waals surface area (Å²) < 4.78 is 0. The molecule has 0 amide bonds. The first-order chi connectivity index (χ1) is 6.90. The van der Waals surface area contributed by atoms with Gasteiger partial charge in [-0.15, -0.1) is 0 Å². The molecule has 0 fully saturated rings. The molecule has 0 atom stereocenters. The summed E-state index contributed by atoms with van der Waals surface area (Å²) in [5.41, 5.74) is 3.28. The van der Waals surface area contributed by atoms with Crippen molar-refractivity contribution < 1.29 is 4.79 Å². The van der Waals surface area contributed by atoms with Crippen molar-refractivity contribution in [2.45, 2.75) is 53.9 Å². The van der Waals surface area contributed by atoms with Gasteiger partial charge in [-0.05, 0) is 51.0 Å². The molecule has 0 heterocycles. The molecule has 0 saturated heterocycles. The lowest BCUT2D eigenvalue weighted by atomic mass is 9.70. The van der Waals surface area contributed by atoms with Gasteiger partial charge in [-0.2, -0.15) is 0 Å². The van der Waals surface area contributed by atoms with Gasteiger partial charge in [0.2, 0.25) is 0 Å². The third-order valence-electron chi connectivity index (χ3n) is 3.48. The van der Waals surface area contributed by atoms with Crippen LogP contribution in [0.3, 0.4) is 0 Å². The molecule has 0 spiro atoms. The first-order valence-corrected chi connectivity index (χ1v) is 5.78. The summed E-state index contributed by atoms with van der Waals surface area (Å²) in [6.45, 7) is 10.3. The molecule has 1 rings (SSSR count). The second-order valence-corrected chi connectivity index (χ2v) is 5.19. The van der Waals surface area contributed by atoms with Gasteiger partial charge in [0.15, 0.2) is 5.78 Å². The number of hydrogen-bond donors (Lipinski definition) is 0. The van der Waals surface area contributed by atoms with Crippen LogP contribution in [0.5, 0.6) is 0 Å². The molecule has 1 aliphatic rings. The fourth-order valence-electron chi connectivity index (χ4n) is 2.45. The van der Waals surface area contributed by atoms with Crippen LogP contribution in [0.25, 0.3) is 0 Å². The van der Waals surface area contributed by atoms with Crippen molar-refractivity contribution in [3.8, 4) is 0 Å². The number of carbonyl (C=O) groups excluding carboxylic acids is 1.